The molecule has 1 aromatic carbocycles. The van der Waals surface area contributed by atoms with E-state index < -0.39 is 11.7 Å². The summed E-state index contributed by atoms with van der Waals surface area (Å²) in [5.41, 5.74) is 1.06. The Balaban J connectivity index is 1.69. The zero-order chi connectivity index (χ0) is 15.5. The van der Waals surface area contributed by atoms with Gasteiger partial charge < -0.3 is 10.2 Å². The van der Waals surface area contributed by atoms with Gasteiger partial charge >= 0.3 is 0 Å². The number of hydrogen-bond acceptors (Lipinski definition) is 3. The van der Waals surface area contributed by atoms with E-state index in [1.54, 1.807) is 35.5 Å². The van der Waals surface area contributed by atoms with E-state index in [2.05, 4.69) is 10.3 Å². The summed E-state index contributed by atoms with van der Waals surface area (Å²) in [4.78, 5) is 29.8. The van der Waals surface area contributed by atoms with E-state index in [1.807, 2.05) is 0 Å². The highest BCUT2D eigenvalue weighted by Gasteiger charge is 2.35. The molecule has 22 heavy (non-hydrogen) atoms. The zero-order valence-electron chi connectivity index (χ0n) is 11.7. The third-order valence-corrected chi connectivity index (χ3v) is 3.55. The van der Waals surface area contributed by atoms with Crippen molar-refractivity contribution in [3.8, 4) is 0 Å². The lowest BCUT2D eigenvalue weighted by molar-refractivity contribution is -0.122. The van der Waals surface area contributed by atoms with Crippen LogP contribution in [0.5, 0.6) is 0 Å². The summed E-state index contributed by atoms with van der Waals surface area (Å²) in [7, 11) is 0. The number of rotatable bonds is 3. The van der Waals surface area contributed by atoms with E-state index in [0.29, 0.717) is 17.9 Å². The molecule has 1 aromatic heterocycles. The maximum atomic E-state index is 13.1. The molecule has 112 valence electrons. The van der Waals surface area contributed by atoms with Gasteiger partial charge in [0, 0.05) is 24.8 Å². The normalized spacial score (nSPS) is 17.6. The van der Waals surface area contributed by atoms with Gasteiger partial charge in [-0.25, -0.2) is 4.39 Å². The van der Waals surface area contributed by atoms with Gasteiger partial charge in [0.1, 0.15) is 5.82 Å². The molecule has 6 heteroatoms. The molecule has 2 heterocycles. The van der Waals surface area contributed by atoms with Crippen molar-refractivity contribution in [3.63, 3.8) is 0 Å². The lowest BCUT2D eigenvalue weighted by Crippen LogP contribution is -2.28. The van der Waals surface area contributed by atoms with Gasteiger partial charge in [-0.1, -0.05) is 6.07 Å². The molecule has 5 nitrogen and oxygen atoms in total. The molecule has 2 aromatic rings. The summed E-state index contributed by atoms with van der Waals surface area (Å²) in [5.74, 6) is -1.29. The van der Waals surface area contributed by atoms with Gasteiger partial charge in [0.25, 0.3) is 0 Å². The quantitative estimate of drug-likeness (QED) is 0.945. The van der Waals surface area contributed by atoms with Crippen molar-refractivity contribution < 1.29 is 14.0 Å². The molecule has 3 rings (SSSR count). The predicted molar refractivity (Wildman–Crippen MR) is 79.7 cm³/mol. The average Bonchev–Trinajstić information content (AvgIpc) is 2.90. The predicted octanol–water partition coefficient (Wildman–Crippen LogP) is 2.21. The molecule has 1 N–H and O–H groups in total. The van der Waals surface area contributed by atoms with E-state index in [0.717, 1.165) is 0 Å². The first-order valence-corrected chi connectivity index (χ1v) is 6.90. The summed E-state index contributed by atoms with van der Waals surface area (Å²) in [5, 5.41) is 2.64. The van der Waals surface area contributed by atoms with Crippen LogP contribution in [0.2, 0.25) is 0 Å². The highest BCUT2D eigenvalue weighted by molar-refractivity contribution is 6.03. The monoisotopic (exact) mass is 299 g/mol. The Morgan fingerprint density at radius 2 is 2.18 bits per heavy atom. The smallest absolute Gasteiger partial charge is 0.229 e. The van der Waals surface area contributed by atoms with E-state index >= 15 is 0 Å². The van der Waals surface area contributed by atoms with Gasteiger partial charge in [-0.05, 0) is 30.3 Å². The van der Waals surface area contributed by atoms with Crippen molar-refractivity contribution in [1.29, 1.82) is 0 Å². The molecule has 2 amide bonds. The summed E-state index contributed by atoms with van der Waals surface area (Å²) < 4.78 is 13.1. The lowest BCUT2D eigenvalue weighted by atomic mass is 10.1. The van der Waals surface area contributed by atoms with Crippen LogP contribution in [0.4, 0.5) is 15.8 Å². The van der Waals surface area contributed by atoms with E-state index in [-0.39, 0.29) is 18.2 Å². The molecule has 1 saturated heterocycles. The van der Waals surface area contributed by atoms with Crippen molar-refractivity contribution in [1.82, 2.24) is 4.98 Å². The first-order valence-electron chi connectivity index (χ1n) is 6.90. The molecule has 0 saturated carbocycles. The minimum Gasteiger partial charge on any atom is -0.326 e. The highest BCUT2D eigenvalue weighted by Crippen LogP contribution is 2.25. The highest BCUT2D eigenvalue weighted by atomic mass is 19.1. The Kier molecular flexibility index (Phi) is 3.82. The second-order valence-electron chi connectivity index (χ2n) is 5.12. The zero-order valence-corrected chi connectivity index (χ0v) is 11.7. The number of anilines is 2. The van der Waals surface area contributed by atoms with Gasteiger partial charge in [-0.2, -0.15) is 0 Å². The first kappa shape index (κ1) is 14.2. The fourth-order valence-electron chi connectivity index (χ4n) is 2.46. The molecule has 1 fully saturated rings. The molecule has 1 aliphatic heterocycles. The summed E-state index contributed by atoms with van der Waals surface area (Å²) >= 11 is 0. The van der Waals surface area contributed by atoms with Crippen LogP contribution in [0, 0.1) is 11.7 Å². The van der Waals surface area contributed by atoms with Crippen LogP contribution < -0.4 is 10.2 Å². The summed E-state index contributed by atoms with van der Waals surface area (Å²) in [6.45, 7) is 0.297. The number of carbonyl (C=O) groups excluding carboxylic acids is 2. The van der Waals surface area contributed by atoms with Gasteiger partial charge in [0.15, 0.2) is 0 Å². The topological polar surface area (TPSA) is 62.3 Å². The maximum absolute atomic E-state index is 13.1. The standard InChI is InChI=1S/C16H14FN3O2/c17-12-3-1-4-13(8-12)19-16(22)11-7-15(21)20(10-11)14-5-2-6-18-9-14/h1-6,8-9,11H,7,10H2,(H,19,22). The molecule has 0 radical (unpaired) electrons. The number of carbonyl (C=O) groups is 2. The number of halogens is 1. The largest absolute Gasteiger partial charge is 0.326 e. The molecule has 0 spiro atoms. The van der Waals surface area contributed by atoms with Crippen LogP contribution in [0.25, 0.3) is 0 Å². The van der Waals surface area contributed by atoms with E-state index in [9.17, 15) is 14.0 Å². The van der Waals surface area contributed by atoms with Crippen molar-refractivity contribution in [2.75, 3.05) is 16.8 Å². The molecule has 1 atom stereocenters. The number of nitrogens with zero attached hydrogens (tertiary/aromatic N) is 2. The van der Waals surface area contributed by atoms with Crippen LogP contribution in [0.1, 0.15) is 6.42 Å². The fourth-order valence-corrected chi connectivity index (χ4v) is 2.46. The Bertz CT molecular complexity index is 706. The molecular formula is C16H14FN3O2. The number of nitrogens with one attached hydrogen (secondary N) is 1. The Hall–Kier alpha value is -2.76. The number of benzene rings is 1. The van der Waals surface area contributed by atoms with Gasteiger partial charge in [0.05, 0.1) is 17.8 Å². The van der Waals surface area contributed by atoms with Crippen LogP contribution in [-0.4, -0.2) is 23.3 Å². The van der Waals surface area contributed by atoms with Crippen molar-refractivity contribution in [2.24, 2.45) is 5.92 Å². The molecular weight excluding hydrogens is 285 g/mol. The van der Waals surface area contributed by atoms with Crippen LogP contribution >= 0.6 is 0 Å². The SMILES string of the molecule is O=C(Nc1cccc(F)c1)C1CC(=O)N(c2cccnc2)C1. The molecule has 1 aliphatic rings. The van der Waals surface area contributed by atoms with Crippen LogP contribution in [-0.2, 0) is 9.59 Å². The van der Waals surface area contributed by atoms with Crippen LogP contribution in [0.3, 0.4) is 0 Å². The average molecular weight is 299 g/mol. The van der Waals surface area contributed by atoms with Crippen LogP contribution in [0.15, 0.2) is 48.8 Å². The van der Waals surface area contributed by atoms with Crippen molar-refractivity contribution in [2.45, 2.75) is 6.42 Å². The number of hydrogen-bond donors (Lipinski definition) is 1. The minimum absolute atomic E-state index is 0.118. The van der Waals surface area contributed by atoms with Crippen molar-refractivity contribution in [3.05, 3.63) is 54.6 Å². The van der Waals surface area contributed by atoms with E-state index in [4.69, 9.17) is 0 Å². The van der Waals surface area contributed by atoms with Gasteiger partial charge in [-0.3, -0.25) is 14.6 Å². The fraction of sp³-hybridized carbons (Fsp3) is 0.188. The Labute approximate surface area is 126 Å². The second kappa shape index (κ2) is 5.93. The third kappa shape index (κ3) is 2.95. The molecule has 0 aliphatic carbocycles. The van der Waals surface area contributed by atoms with Gasteiger partial charge in [-0.15, -0.1) is 0 Å². The molecule has 1 unspecified atom stereocenters. The van der Waals surface area contributed by atoms with Gasteiger partial charge in [0.2, 0.25) is 11.8 Å². The summed E-state index contributed by atoms with van der Waals surface area (Å²) in [6, 6.07) is 9.19. The Morgan fingerprint density at radius 3 is 2.91 bits per heavy atom. The number of pyridine rings is 1. The maximum Gasteiger partial charge on any atom is 0.229 e. The second-order valence-corrected chi connectivity index (χ2v) is 5.12. The number of amides is 2. The van der Waals surface area contributed by atoms with Crippen molar-refractivity contribution >= 4 is 23.2 Å². The Morgan fingerprint density at radius 1 is 1.32 bits per heavy atom. The lowest BCUT2D eigenvalue weighted by Gasteiger charge is -2.16. The molecule has 0 bridgehead atoms. The minimum atomic E-state index is -0.462. The third-order valence-electron chi connectivity index (χ3n) is 3.55. The first-order chi connectivity index (χ1) is 10.6. The van der Waals surface area contributed by atoms with E-state index in [1.165, 1.54) is 18.2 Å². The number of aromatic nitrogens is 1. The summed E-state index contributed by atoms with van der Waals surface area (Å²) in [6.07, 6.45) is 3.35.